The Morgan fingerprint density at radius 1 is 1.33 bits per heavy atom. The third kappa shape index (κ3) is 2.21. The summed E-state index contributed by atoms with van der Waals surface area (Å²) in [5.41, 5.74) is 6.71. The van der Waals surface area contributed by atoms with E-state index in [9.17, 15) is 0 Å². The molecular weight excluding hydrogens is 188 g/mol. The number of benzene rings is 1. The van der Waals surface area contributed by atoms with Gasteiger partial charge in [-0.25, -0.2) is 0 Å². The van der Waals surface area contributed by atoms with Gasteiger partial charge in [-0.2, -0.15) is 5.26 Å². The molecule has 3 heteroatoms. The minimum Gasteiger partial charge on any atom is -0.490 e. The Balaban J connectivity index is 2.09. The molecule has 3 nitrogen and oxygen atoms in total. The Morgan fingerprint density at radius 2 is 2.07 bits per heavy atom. The van der Waals surface area contributed by atoms with E-state index in [4.69, 9.17) is 15.7 Å². The lowest BCUT2D eigenvalue weighted by Crippen LogP contribution is -2.11. The van der Waals surface area contributed by atoms with E-state index >= 15 is 0 Å². The van der Waals surface area contributed by atoms with E-state index in [1.54, 1.807) is 12.1 Å². The molecule has 0 amide bonds. The van der Waals surface area contributed by atoms with Gasteiger partial charge >= 0.3 is 0 Å². The van der Waals surface area contributed by atoms with E-state index in [2.05, 4.69) is 0 Å². The molecule has 1 saturated carbocycles. The van der Waals surface area contributed by atoms with Crippen molar-refractivity contribution in [1.29, 1.82) is 5.26 Å². The predicted octanol–water partition coefficient (Wildman–Crippen LogP) is 2.46. The average Bonchev–Trinajstić information content (AvgIpc) is 2.71. The monoisotopic (exact) mass is 202 g/mol. The number of anilines is 1. The summed E-state index contributed by atoms with van der Waals surface area (Å²) in [6, 6.07) is 7.29. The molecule has 1 aromatic carbocycles. The van der Waals surface area contributed by atoms with Crippen LogP contribution in [0.3, 0.4) is 0 Å². The van der Waals surface area contributed by atoms with Crippen molar-refractivity contribution in [2.24, 2.45) is 0 Å². The van der Waals surface area contributed by atoms with Gasteiger partial charge in [-0.3, -0.25) is 0 Å². The van der Waals surface area contributed by atoms with Gasteiger partial charge in [-0.15, -0.1) is 0 Å². The maximum Gasteiger partial charge on any atom is 0.121 e. The van der Waals surface area contributed by atoms with Gasteiger partial charge in [0, 0.05) is 6.07 Å². The zero-order chi connectivity index (χ0) is 10.7. The van der Waals surface area contributed by atoms with E-state index in [-0.39, 0.29) is 0 Å². The van der Waals surface area contributed by atoms with Gasteiger partial charge in [-0.05, 0) is 37.8 Å². The third-order valence-corrected chi connectivity index (χ3v) is 2.75. The molecule has 1 aromatic rings. The summed E-state index contributed by atoms with van der Waals surface area (Å²) >= 11 is 0. The summed E-state index contributed by atoms with van der Waals surface area (Å²) in [5.74, 6) is 0.776. The lowest BCUT2D eigenvalue weighted by atomic mass is 10.2. The van der Waals surface area contributed by atoms with Gasteiger partial charge in [-0.1, -0.05) is 0 Å². The summed E-state index contributed by atoms with van der Waals surface area (Å²) in [7, 11) is 0. The van der Waals surface area contributed by atoms with Crippen LogP contribution in [0.2, 0.25) is 0 Å². The number of ether oxygens (including phenoxy) is 1. The van der Waals surface area contributed by atoms with E-state index < -0.39 is 0 Å². The maximum atomic E-state index is 8.72. The molecule has 0 unspecified atom stereocenters. The first-order chi connectivity index (χ1) is 7.29. The second kappa shape index (κ2) is 4.22. The molecule has 0 atom stereocenters. The van der Waals surface area contributed by atoms with Crippen LogP contribution in [0, 0.1) is 11.3 Å². The molecule has 0 radical (unpaired) electrons. The SMILES string of the molecule is N#Cc1ccc(OC2CCCC2)cc1N. The first-order valence-corrected chi connectivity index (χ1v) is 5.26. The highest BCUT2D eigenvalue weighted by Crippen LogP contribution is 2.26. The van der Waals surface area contributed by atoms with Crippen LogP contribution in [-0.2, 0) is 0 Å². The molecule has 2 N–H and O–H groups in total. The summed E-state index contributed by atoms with van der Waals surface area (Å²) < 4.78 is 5.77. The molecule has 1 aliphatic carbocycles. The Morgan fingerprint density at radius 3 is 2.67 bits per heavy atom. The molecule has 2 rings (SSSR count). The van der Waals surface area contributed by atoms with E-state index in [1.807, 2.05) is 12.1 Å². The highest BCUT2D eigenvalue weighted by atomic mass is 16.5. The smallest absolute Gasteiger partial charge is 0.121 e. The summed E-state index contributed by atoms with van der Waals surface area (Å²) in [5, 5.41) is 8.72. The summed E-state index contributed by atoms with van der Waals surface area (Å²) in [6.07, 6.45) is 5.07. The molecule has 0 spiro atoms. The Kier molecular flexibility index (Phi) is 2.77. The van der Waals surface area contributed by atoms with Crippen LogP contribution in [0.15, 0.2) is 18.2 Å². The van der Waals surface area contributed by atoms with E-state index in [0.717, 1.165) is 18.6 Å². The average molecular weight is 202 g/mol. The minimum atomic E-state index is 0.331. The Hall–Kier alpha value is -1.69. The van der Waals surface area contributed by atoms with Crippen molar-refractivity contribution in [3.8, 4) is 11.8 Å². The number of hydrogen-bond acceptors (Lipinski definition) is 3. The van der Waals surface area contributed by atoms with Crippen LogP contribution in [0.4, 0.5) is 5.69 Å². The lowest BCUT2D eigenvalue weighted by Gasteiger charge is -2.13. The van der Waals surface area contributed by atoms with Crippen molar-refractivity contribution < 1.29 is 4.74 Å². The van der Waals surface area contributed by atoms with Gasteiger partial charge in [0.05, 0.1) is 17.4 Å². The minimum absolute atomic E-state index is 0.331. The topological polar surface area (TPSA) is 59.0 Å². The van der Waals surface area contributed by atoms with Crippen molar-refractivity contribution >= 4 is 5.69 Å². The second-order valence-electron chi connectivity index (χ2n) is 3.89. The van der Waals surface area contributed by atoms with Gasteiger partial charge in [0.15, 0.2) is 0 Å². The predicted molar refractivity (Wildman–Crippen MR) is 58.5 cm³/mol. The number of nitrogen functional groups attached to an aromatic ring is 1. The molecule has 0 aliphatic heterocycles. The molecule has 1 aliphatic rings. The number of nitrogens with two attached hydrogens (primary N) is 1. The fourth-order valence-corrected chi connectivity index (χ4v) is 1.91. The molecule has 0 heterocycles. The van der Waals surface area contributed by atoms with Crippen LogP contribution in [0.5, 0.6) is 5.75 Å². The van der Waals surface area contributed by atoms with Crippen molar-refractivity contribution in [3.63, 3.8) is 0 Å². The van der Waals surface area contributed by atoms with Crippen LogP contribution in [0.1, 0.15) is 31.2 Å². The lowest BCUT2D eigenvalue weighted by molar-refractivity contribution is 0.210. The quantitative estimate of drug-likeness (QED) is 0.749. The first kappa shape index (κ1) is 9.85. The third-order valence-electron chi connectivity index (χ3n) is 2.75. The van der Waals surface area contributed by atoms with Crippen LogP contribution in [0.25, 0.3) is 0 Å². The number of nitriles is 1. The van der Waals surface area contributed by atoms with Crippen LogP contribution in [-0.4, -0.2) is 6.10 Å². The standard InChI is InChI=1S/C12H14N2O/c13-8-9-5-6-11(7-12(9)14)15-10-3-1-2-4-10/h5-7,10H,1-4,14H2. The molecular formula is C12H14N2O. The Bertz CT molecular complexity index is 389. The fourth-order valence-electron chi connectivity index (χ4n) is 1.91. The zero-order valence-electron chi connectivity index (χ0n) is 8.57. The molecule has 0 aromatic heterocycles. The maximum absolute atomic E-state index is 8.72. The number of hydrogen-bond donors (Lipinski definition) is 1. The summed E-state index contributed by atoms with van der Waals surface area (Å²) in [4.78, 5) is 0. The molecule has 0 bridgehead atoms. The molecule has 78 valence electrons. The zero-order valence-corrected chi connectivity index (χ0v) is 8.57. The molecule has 15 heavy (non-hydrogen) atoms. The van der Waals surface area contributed by atoms with E-state index in [0.29, 0.717) is 17.4 Å². The normalized spacial score (nSPS) is 16.2. The van der Waals surface area contributed by atoms with Gasteiger partial charge < -0.3 is 10.5 Å². The van der Waals surface area contributed by atoms with Crippen molar-refractivity contribution in [2.45, 2.75) is 31.8 Å². The largest absolute Gasteiger partial charge is 0.490 e. The molecule has 1 fully saturated rings. The van der Waals surface area contributed by atoms with Crippen molar-refractivity contribution in [2.75, 3.05) is 5.73 Å². The van der Waals surface area contributed by atoms with Gasteiger partial charge in [0.25, 0.3) is 0 Å². The van der Waals surface area contributed by atoms with Gasteiger partial charge in [0.1, 0.15) is 11.8 Å². The van der Waals surface area contributed by atoms with E-state index in [1.165, 1.54) is 12.8 Å². The fraction of sp³-hybridized carbons (Fsp3) is 0.417. The highest BCUT2D eigenvalue weighted by molar-refractivity contribution is 5.57. The Labute approximate surface area is 89.5 Å². The molecule has 0 saturated heterocycles. The highest BCUT2D eigenvalue weighted by Gasteiger charge is 2.16. The number of rotatable bonds is 2. The van der Waals surface area contributed by atoms with Crippen LogP contribution >= 0.6 is 0 Å². The summed E-state index contributed by atoms with van der Waals surface area (Å²) in [6.45, 7) is 0. The van der Waals surface area contributed by atoms with Crippen molar-refractivity contribution in [1.82, 2.24) is 0 Å². The van der Waals surface area contributed by atoms with Crippen LogP contribution < -0.4 is 10.5 Å². The first-order valence-electron chi connectivity index (χ1n) is 5.26. The van der Waals surface area contributed by atoms with Crippen molar-refractivity contribution in [3.05, 3.63) is 23.8 Å². The second-order valence-corrected chi connectivity index (χ2v) is 3.89. The number of nitrogens with zero attached hydrogens (tertiary/aromatic N) is 1. The van der Waals surface area contributed by atoms with Gasteiger partial charge in [0.2, 0.25) is 0 Å².